The summed E-state index contributed by atoms with van der Waals surface area (Å²) in [6.45, 7) is 6.29. The molecule has 3 rings (SSSR count). The number of carbonyl (C=O) groups is 1. The van der Waals surface area contributed by atoms with Gasteiger partial charge in [-0.25, -0.2) is 9.78 Å². The third kappa shape index (κ3) is 4.26. The molecule has 1 unspecified atom stereocenters. The lowest BCUT2D eigenvalue weighted by atomic mass is 10.0. The minimum Gasteiger partial charge on any atom is -0.465 e. The van der Waals surface area contributed by atoms with Crippen LogP contribution in [0.1, 0.15) is 35.8 Å². The van der Waals surface area contributed by atoms with Gasteiger partial charge in [-0.3, -0.25) is 0 Å². The van der Waals surface area contributed by atoms with Crippen molar-refractivity contribution in [3.05, 3.63) is 41.6 Å². The van der Waals surface area contributed by atoms with E-state index in [4.69, 9.17) is 4.74 Å². The molecule has 1 aromatic carbocycles. The fraction of sp³-hybridized carbons (Fsp3) is 0.421. The van der Waals surface area contributed by atoms with Crippen LogP contribution in [0.2, 0.25) is 0 Å². The number of nitrogens with zero attached hydrogens (tertiary/aromatic N) is 3. The topological polar surface area (TPSA) is 67.3 Å². The molecule has 6 nitrogen and oxygen atoms in total. The Balaban J connectivity index is 1.82. The standard InChI is InChI=1S/C19H24N4O2/c1-13-6-5-9-23(12-13)17-10-14(2)20-19(22-17)21-16-8-4-7-15(11-16)18(24)25-3/h4,7-8,10-11,13H,5-6,9,12H2,1-3H3,(H,20,21,22). The van der Waals surface area contributed by atoms with E-state index in [1.807, 2.05) is 19.1 Å². The molecule has 1 aromatic heterocycles. The number of esters is 1. The average Bonchev–Trinajstić information content (AvgIpc) is 2.61. The molecule has 0 saturated carbocycles. The molecule has 0 radical (unpaired) electrons. The summed E-state index contributed by atoms with van der Waals surface area (Å²) < 4.78 is 4.76. The Bertz CT molecular complexity index is 763. The highest BCUT2D eigenvalue weighted by Gasteiger charge is 2.18. The minimum absolute atomic E-state index is 0.364. The van der Waals surface area contributed by atoms with Crippen LogP contribution in [0.15, 0.2) is 30.3 Å². The molecule has 2 heterocycles. The predicted molar refractivity (Wildman–Crippen MR) is 98.4 cm³/mol. The molecule has 132 valence electrons. The SMILES string of the molecule is COC(=O)c1cccc(Nc2nc(C)cc(N3CCCC(C)C3)n2)c1. The summed E-state index contributed by atoms with van der Waals surface area (Å²) in [6, 6.07) is 9.15. The number of carbonyl (C=O) groups excluding carboxylic acids is 1. The van der Waals surface area contributed by atoms with Crippen LogP contribution >= 0.6 is 0 Å². The number of benzene rings is 1. The molecule has 1 aliphatic heterocycles. The van der Waals surface area contributed by atoms with Crippen LogP contribution in [-0.4, -0.2) is 36.1 Å². The van der Waals surface area contributed by atoms with E-state index in [1.165, 1.54) is 20.0 Å². The van der Waals surface area contributed by atoms with Gasteiger partial charge in [-0.05, 0) is 43.9 Å². The number of nitrogens with one attached hydrogen (secondary N) is 1. The molecule has 1 aliphatic rings. The monoisotopic (exact) mass is 340 g/mol. The van der Waals surface area contributed by atoms with E-state index >= 15 is 0 Å². The zero-order valence-corrected chi connectivity index (χ0v) is 15.0. The Labute approximate surface area is 148 Å². The highest BCUT2D eigenvalue weighted by atomic mass is 16.5. The molecule has 0 spiro atoms. The number of anilines is 3. The van der Waals surface area contributed by atoms with Gasteiger partial charge in [0.05, 0.1) is 12.7 Å². The Hall–Kier alpha value is -2.63. The third-order valence-electron chi connectivity index (χ3n) is 4.36. The number of hydrogen-bond donors (Lipinski definition) is 1. The molecule has 6 heteroatoms. The second-order valence-electron chi connectivity index (χ2n) is 6.58. The van der Waals surface area contributed by atoms with Crippen LogP contribution < -0.4 is 10.2 Å². The number of methoxy groups -OCH3 is 1. The highest BCUT2D eigenvalue weighted by Crippen LogP contribution is 2.24. The second kappa shape index (κ2) is 7.51. The fourth-order valence-electron chi connectivity index (χ4n) is 3.14. The largest absolute Gasteiger partial charge is 0.465 e. The zero-order chi connectivity index (χ0) is 17.8. The van der Waals surface area contributed by atoms with E-state index in [0.29, 0.717) is 17.4 Å². The summed E-state index contributed by atoms with van der Waals surface area (Å²) in [5.41, 5.74) is 2.16. The zero-order valence-electron chi connectivity index (χ0n) is 15.0. The van der Waals surface area contributed by atoms with Crippen molar-refractivity contribution in [2.24, 2.45) is 5.92 Å². The highest BCUT2D eigenvalue weighted by molar-refractivity contribution is 5.90. The fourth-order valence-corrected chi connectivity index (χ4v) is 3.14. The number of rotatable bonds is 4. The second-order valence-corrected chi connectivity index (χ2v) is 6.58. The summed E-state index contributed by atoms with van der Waals surface area (Å²) in [4.78, 5) is 23.1. The van der Waals surface area contributed by atoms with Crippen molar-refractivity contribution in [3.63, 3.8) is 0 Å². The van der Waals surface area contributed by atoms with Crippen molar-refractivity contribution in [1.29, 1.82) is 0 Å². The molecular weight excluding hydrogens is 316 g/mol. The van der Waals surface area contributed by atoms with Gasteiger partial charge in [0.25, 0.3) is 0 Å². The third-order valence-corrected chi connectivity index (χ3v) is 4.36. The maximum atomic E-state index is 11.7. The van der Waals surface area contributed by atoms with Crippen molar-refractivity contribution in [2.75, 3.05) is 30.4 Å². The number of aryl methyl sites for hydroxylation is 1. The molecule has 0 aliphatic carbocycles. The van der Waals surface area contributed by atoms with Crippen LogP contribution in [0.5, 0.6) is 0 Å². The van der Waals surface area contributed by atoms with Crippen LogP contribution in [0.4, 0.5) is 17.5 Å². The minimum atomic E-state index is -0.364. The summed E-state index contributed by atoms with van der Waals surface area (Å²) in [7, 11) is 1.37. The molecule has 0 amide bonds. The van der Waals surface area contributed by atoms with Crippen molar-refractivity contribution >= 4 is 23.4 Å². The lowest BCUT2D eigenvalue weighted by Gasteiger charge is -2.32. The molecule has 1 fully saturated rings. The average molecular weight is 340 g/mol. The van der Waals surface area contributed by atoms with Crippen molar-refractivity contribution in [3.8, 4) is 0 Å². The van der Waals surface area contributed by atoms with Gasteiger partial charge in [0, 0.05) is 30.5 Å². The lowest BCUT2D eigenvalue weighted by molar-refractivity contribution is 0.0601. The number of aromatic nitrogens is 2. The van der Waals surface area contributed by atoms with Gasteiger partial charge in [0.1, 0.15) is 5.82 Å². The van der Waals surface area contributed by atoms with E-state index in [0.717, 1.165) is 30.3 Å². The number of piperidine rings is 1. The molecule has 2 aromatic rings. The molecular formula is C19H24N4O2. The van der Waals surface area contributed by atoms with Gasteiger partial charge in [0.15, 0.2) is 0 Å². The van der Waals surface area contributed by atoms with E-state index in [2.05, 4.69) is 27.1 Å². The maximum Gasteiger partial charge on any atom is 0.337 e. The van der Waals surface area contributed by atoms with Crippen LogP contribution in [0, 0.1) is 12.8 Å². The quantitative estimate of drug-likeness (QED) is 0.859. The summed E-state index contributed by atoms with van der Waals surface area (Å²) in [6.07, 6.45) is 2.46. The lowest BCUT2D eigenvalue weighted by Crippen LogP contribution is -2.35. The summed E-state index contributed by atoms with van der Waals surface area (Å²) in [5, 5.41) is 3.20. The van der Waals surface area contributed by atoms with Crippen LogP contribution in [-0.2, 0) is 4.74 Å². The molecule has 0 bridgehead atoms. The van der Waals surface area contributed by atoms with Gasteiger partial charge >= 0.3 is 5.97 Å². The Morgan fingerprint density at radius 3 is 2.92 bits per heavy atom. The molecule has 1 N–H and O–H groups in total. The van der Waals surface area contributed by atoms with Crippen molar-refractivity contribution in [2.45, 2.75) is 26.7 Å². The predicted octanol–water partition coefficient (Wildman–Crippen LogP) is 3.55. The van der Waals surface area contributed by atoms with Crippen molar-refractivity contribution in [1.82, 2.24) is 9.97 Å². The molecule has 1 saturated heterocycles. The number of ether oxygens (including phenoxy) is 1. The first-order valence-electron chi connectivity index (χ1n) is 8.61. The Morgan fingerprint density at radius 1 is 1.32 bits per heavy atom. The van der Waals surface area contributed by atoms with Gasteiger partial charge in [-0.1, -0.05) is 13.0 Å². The van der Waals surface area contributed by atoms with Crippen molar-refractivity contribution < 1.29 is 9.53 Å². The first-order chi connectivity index (χ1) is 12.0. The van der Waals surface area contributed by atoms with E-state index < -0.39 is 0 Å². The van der Waals surface area contributed by atoms with Gasteiger partial charge < -0.3 is 15.0 Å². The number of hydrogen-bond acceptors (Lipinski definition) is 6. The Kier molecular flexibility index (Phi) is 5.16. The van der Waals surface area contributed by atoms with Gasteiger partial charge in [0.2, 0.25) is 5.95 Å². The van der Waals surface area contributed by atoms with E-state index in [9.17, 15) is 4.79 Å². The normalized spacial score (nSPS) is 17.2. The summed E-state index contributed by atoms with van der Waals surface area (Å²) in [5.74, 6) is 1.80. The first kappa shape index (κ1) is 17.2. The molecule has 25 heavy (non-hydrogen) atoms. The van der Waals surface area contributed by atoms with Crippen LogP contribution in [0.25, 0.3) is 0 Å². The smallest absolute Gasteiger partial charge is 0.337 e. The maximum absolute atomic E-state index is 11.7. The Morgan fingerprint density at radius 2 is 2.16 bits per heavy atom. The van der Waals surface area contributed by atoms with Gasteiger partial charge in [-0.15, -0.1) is 0 Å². The van der Waals surface area contributed by atoms with Crippen LogP contribution in [0.3, 0.4) is 0 Å². The van der Waals surface area contributed by atoms with E-state index in [-0.39, 0.29) is 5.97 Å². The first-order valence-corrected chi connectivity index (χ1v) is 8.61. The molecule has 1 atom stereocenters. The van der Waals surface area contributed by atoms with Gasteiger partial charge in [-0.2, -0.15) is 4.98 Å². The van der Waals surface area contributed by atoms with E-state index in [1.54, 1.807) is 18.2 Å². The summed E-state index contributed by atoms with van der Waals surface area (Å²) >= 11 is 0.